The molecule has 1 aliphatic heterocycles. The van der Waals surface area contributed by atoms with Gasteiger partial charge in [-0.25, -0.2) is 0 Å². The summed E-state index contributed by atoms with van der Waals surface area (Å²) in [6.07, 6.45) is -1.47. The highest BCUT2D eigenvalue weighted by molar-refractivity contribution is 7.20. The highest BCUT2D eigenvalue weighted by atomic mass is 32.1. The van der Waals surface area contributed by atoms with E-state index in [0.717, 1.165) is 54.6 Å². The van der Waals surface area contributed by atoms with E-state index in [4.69, 9.17) is 0 Å². The standard InChI is InChI=1S/C22H19F3N2O2S/c23-22(24,25)17-7-3-2-6-16(17)20(28)26-15-8-9-18-14(12-15)13-19(30-18)21(29)27-10-4-1-5-11-27/h2-3,6-9,12-13H,1,4-5,10-11H2,(H,26,28). The number of benzene rings is 2. The number of nitrogens with zero attached hydrogens (tertiary/aromatic N) is 1. The van der Waals surface area contributed by atoms with Gasteiger partial charge < -0.3 is 10.2 Å². The van der Waals surface area contributed by atoms with E-state index in [1.54, 1.807) is 24.3 Å². The van der Waals surface area contributed by atoms with Gasteiger partial charge in [0.2, 0.25) is 0 Å². The number of thiophene rings is 1. The van der Waals surface area contributed by atoms with E-state index in [2.05, 4.69) is 5.32 Å². The quantitative estimate of drug-likeness (QED) is 0.569. The number of fused-ring (bicyclic) bond motifs is 1. The van der Waals surface area contributed by atoms with E-state index in [1.807, 2.05) is 4.90 Å². The Labute approximate surface area is 175 Å². The number of hydrogen-bond donors (Lipinski definition) is 1. The van der Waals surface area contributed by atoms with Gasteiger partial charge in [0.1, 0.15) is 0 Å². The molecule has 2 aromatic carbocycles. The molecular formula is C22H19F3N2O2S. The number of amides is 2. The van der Waals surface area contributed by atoms with Crippen LogP contribution in [0.5, 0.6) is 0 Å². The monoisotopic (exact) mass is 432 g/mol. The van der Waals surface area contributed by atoms with Gasteiger partial charge in [-0.2, -0.15) is 13.2 Å². The molecule has 0 unspecified atom stereocenters. The van der Waals surface area contributed by atoms with Crippen molar-refractivity contribution in [2.24, 2.45) is 0 Å². The number of carbonyl (C=O) groups is 2. The third-order valence-corrected chi connectivity index (χ3v) is 6.21. The number of anilines is 1. The van der Waals surface area contributed by atoms with E-state index >= 15 is 0 Å². The van der Waals surface area contributed by atoms with Gasteiger partial charge in [-0.1, -0.05) is 12.1 Å². The Morgan fingerprint density at radius 3 is 2.43 bits per heavy atom. The van der Waals surface area contributed by atoms with Gasteiger partial charge in [-0.3, -0.25) is 9.59 Å². The Morgan fingerprint density at radius 2 is 1.70 bits per heavy atom. The van der Waals surface area contributed by atoms with Gasteiger partial charge in [0.05, 0.1) is 16.0 Å². The highest BCUT2D eigenvalue weighted by Crippen LogP contribution is 2.33. The lowest BCUT2D eigenvalue weighted by atomic mass is 10.1. The van der Waals surface area contributed by atoms with Gasteiger partial charge in [0.15, 0.2) is 0 Å². The zero-order valence-electron chi connectivity index (χ0n) is 16.0. The van der Waals surface area contributed by atoms with Crippen LogP contribution in [0, 0.1) is 0 Å². The molecule has 0 spiro atoms. The fourth-order valence-corrected chi connectivity index (χ4v) is 4.62. The van der Waals surface area contributed by atoms with Crippen LogP contribution in [0.2, 0.25) is 0 Å². The van der Waals surface area contributed by atoms with Crippen LogP contribution >= 0.6 is 11.3 Å². The summed E-state index contributed by atoms with van der Waals surface area (Å²) in [7, 11) is 0. The van der Waals surface area contributed by atoms with Crippen molar-refractivity contribution in [1.29, 1.82) is 0 Å². The molecule has 0 atom stereocenters. The van der Waals surface area contributed by atoms with Crippen LogP contribution in [0.3, 0.4) is 0 Å². The summed E-state index contributed by atoms with van der Waals surface area (Å²) >= 11 is 1.38. The Balaban J connectivity index is 1.56. The molecule has 0 saturated carbocycles. The minimum absolute atomic E-state index is 0.000546. The fourth-order valence-electron chi connectivity index (χ4n) is 3.61. The third kappa shape index (κ3) is 4.18. The predicted octanol–water partition coefficient (Wildman–Crippen LogP) is 5.80. The lowest BCUT2D eigenvalue weighted by molar-refractivity contribution is -0.137. The molecule has 2 amide bonds. The van der Waals surface area contributed by atoms with Crippen molar-refractivity contribution < 1.29 is 22.8 Å². The first-order valence-electron chi connectivity index (χ1n) is 9.63. The molecule has 1 aliphatic rings. The molecule has 1 aromatic heterocycles. The van der Waals surface area contributed by atoms with Crippen LogP contribution in [0.1, 0.15) is 44.9 Å². The molecule has 1 saturated heterocycles. The molecule has 2 heterocycles. The molecule has 30 heavy (non-hydrogen) atoms. The van der Waals surface area contributed by atoms with Gasteiger partial charge >= 0.3 is 6.18 Å². The topological polar surface area (TPSA) is 49.4 Å². The molecule has 8 heteroatoms. The second kappa shape index (κ2) is 8.10. The van der Waals surface area contributed by atoms with Crippen LogP contribution < -0.4 is 5.32 Å². The minimum atomic E-state index is -4.62. The van der Waals surface area contributed by atoms with Crippen molar-refractivity contribution in [1.82, 2.24) is 4.90 Å². The maximum atomic E-state index is 13.2. The summed E-state index contributed by atoms with van der Waals surface area (Å²) in [5.74, 6) is -0.831. The summed E-state index contributed by atoms with van der Waals surface area (Å²) in [6, 6.07) is 11.5. The summed E-state index contributed by atoms with van der Waals surface area (Å²) in [5, 5.41) is 3.30. The zero-order valence-corrected chi connectivity index (χ0v) is 16.8. The molecule has 4 nitrogen and oxygen atoms in total. The van der Waals surface area contributed by atoms with Crippen molar-refractivity contribution >= 4 is 38.9 Å². The highest BCUT2D eigenvalue weighted by Gasteiger charge is 2.34. The molecule has 1 N–H and O–H groups in total. The lowest BCUT2D eigenvalue weighted by Gasteiger charge is -2.26. The Morgan fingerprint density at radius 1 is 0.967 bits per heavy atom. The maximum absolute atomic E-state index is 13.2. The smallest absolute Gasteiger partial charge is 0.338 e. The van der Waals surface area contributed by atoms with Crippen molar-refractivity contribution in [2.75, 3.05) is 18.4 Å². The molecular weight excluding hydrogens is 413 g/mol. The summed E-state index contributed by atoms with van der Waals surface area (Å²) in [4.78, 5) is 27.7. The number of rotatable bonds is 3. The average Bonchev–Trinajstić information content (AvgIpc) is 3.16. The van der Waals surface area contributed by atoms with Gasteiger partial charge in [-0.05, 0) is 61.0 Å². The van der Waals surface area contributed by atoms with E-state index in [9.17, 15) is 22.8 Å². The van der Waals surface area contributed by atoms with Crippen molar-refractivity contribution in [3.05, 3.63) is 64.5 Å². The van der Waals surface area contributed by atoms with Crippen LogP contribution in [-0.4, -0.2) is 29.8 Å². The number of alkyl halides is 3. The SMILES string of the molecule is O=C(Nc1ccc2sc(C(=O)N3CCCCC3)cc2c1)c1ccccc1C(F)(F)F. The second-order valence-electron chi connectivity index (χ2n) is 7.21. The van der Waals surface area contributed by atoms with E-state index in [1.165, 1.54) is 23.5 Å². The molecule has 1 fully saturated rings. The van der Waals surface area contributed by atoms with Gasteiger partial charge in [0.25, 0.3) is 11.8 Å². The van der Waals surface area contributed by atoms with E-state index in [-0.39, 0.29) is 5.91 Å². The molecule has 0 bridgehead atoms. The molecule has 3 aromatic rings. The Hall–Kier alpha value is -2.87. The molecule has 156 valence electrons. The predicted molar refractivity (Wildman–Crippen MR) is 111 cm³/mol. The number of likely N-dealkylation sites (tertiary alicyclic amines) is 1. The summed E-state index contributed by atoms with van der Waals surface area (Å²) < 4.78 is 40.4. The minimum Gasteiger partial charge on any atom is -0.338 e. The summed E-state index contributed by atoms with van der Waals surface area (Å²) in [6.45, 7) is 1.51. The third-order valence-electron chi connectivity index (χ3n) is 5.11. The lowest BCUT2D eigenvalue weighted by Crippen LogP contribution is -2.35. The fraction of sp³-hybridized carbons (Fsp3) is 0.273. The van der Waals surface area contributed by atoms with Crippen molar-refractivity contribution in [3.63, 3.8) is 0 Å². The number of carbonyl (C=O) groups excluding carboxylic acids is 2. The Kier molecular flexibility index (Phi) is 5.51. The molecule has 0 aliphatic carbocycles. The number of piperidine rings is 1. The second-order valence-corrected chi connectivity index (χ2v) is 8.30. The van der Waals surface area contributed by atoms with Crippen molar-refractivity contribution in [2.45, 2.75) is 25.4 Å². The van der Waals surface area contributed by atoms with Crippen LogP contribution in [-0.2, 0) is 6.18 Å². The van der Waals surface area contributed by atoms with Crippen LogP contribution in [0.4, 0.5) is 18.9 Å². The molecule has 0 radical (unpaired) electrons. The van der Waals surface area contributed by atoms with Gasteiger partial charge in [-0.15, -0.1) is 11.3 Å². The van der Waals surface area contributed by atoms with E-state index in [0.29, 0.717) is 10.6 Å². The van der Waals surface area contributed by atoms with Crippen LogP contribution in [0.15, 0.2) is 48.5 Å². The maximum Gasteiger partial charge on any atom is 0.417 e. The first kappa shape index (κ1) is 20.4. The largest absolute Gasteiger partial charge is 0.417 e. The zero-order chi connectivity index (χ0) is 21.3. The van der Waals surface area contributed by atoms with Crippen molar-refractivity contribution in [3.8, 4) is 0 Å². The normalized spacial score (nSPS) is 14.7. The molecule has 4 rings (SSSR count). The number of hydrogen-bond acceptors (Lipinski definition) is 3. The van der Waals surface area contributed by atoms with Gasteiger partial charge in [0, 0.05) is 23.5 Å². The Bertz CT molecular complexity index is 1100. The number of halogens is 3. The van der Waals surface area contributed by atoms with Crippen LogP contribution in [0.25, 0.3) is 10.1 Å². The number of nitrogens with one attached hydrogen (secondary N) is 1. The first-order chi connectivity index (χ1) is 14.3. The summed E-state index contributed by atoms with van der Waals surface area (Å²) in [5.41, 5.74) is -1.04. The first-order valence-corrected chi connectivity index (χ1v) is 10.4. The van der Waals surface area contributed by atoms with E-state index < -0.39 is 23.2 Å². The average molecular weight is 432 g/mol.